The van der Waals surface area contributed by atoms with Crippen molar-refractivity contribution < 1.29 is 14.7 Å². The number of Topliss-reactive ketones (excluding diaryl/α,β-unsaturated/α-hetero) is 1. The minimum atomic E-state index is -0.983. The van der Waals surface area contributed by atoms with Crippen LogP contribution in [0.25, 0.3) is 6.08 Å². The van der Waals surface area contributed by atoms with Crippen LogP contribution >= 0.6 is 15.9 Å². The third-order valence-electron chi connectivity index (χ3n) is 2.32. The van der Waals surface area contributed by atoms with E-state index in [0.29, 0.717) is 17.3 Å². The number of aliphatic carboxylic acids is 1. The fraction of sp³-hybridized carbons (Fsp3) is 0.231. The molecule has 0 aromatic heterocycles. The van der Waals surface area contributed by atoms with E-state index in [9.17, 15) is 9.59 Å². The molecule has 1 aromatic carbocycles. The Morgan fingerprint density at radius 1 is 1.41 bits per heavy atom. The molecule has 0 saturated heterocycles. The van der Waals surface area contributed by atoms with Crippen molar-refractivity contribution in [2.75, 3.05) is 5.33 Å². The van der Waals surface area contributed by atoms with Gasteiger partial charge < -0.3 is 5.11 Å². The monoisotopic (exact) mass is 296 g/mol. The molecule has 0 radical (unpaired) electrons. The van der Waals surface area contributed by atoms with Gasteiger partial charge in [0.2, 0.25) is 0 Å². The Kier molecular flexibility index (Phi) is 5.10. The Morgan fingerprint density at radius 2 is 2.12 bits per heavy atom. The van der Waals surface area contributed by atoms with Crippen molar-refractivity contribution in [3.63, 3.8) is 0 Å². The molecule has 0 saturated carbocycles. The molecule has 0 heterocycles. The highest BCUT2D eigenvalue weighted by Gasteiger charge is 2.06. The molecule has 17 heavy (non-hydrogen) atoms. The number of aryl methyl sites for hydroxylation is 1. The Bertz CT molecular complexity index is 464. The largest absolute Gasteiger partial charge is 0.478 e. The molecule has 0 aliphatic carbocycles. The predicted molar refractivity (Wildman–Crippen MR) is 70.6 cm³/mol. The van der Waals surface area contributed by atoms with Crippen LogP contribution in [0, 0.1) is 6.92 Å². The zero-order chi connectivity index (χ0) is 12.8. The summed E-state index contributed by atoms with van der Waals surface area (Å²) in [6.07, 6.45) is 3.07. The number of rotatable bonds is 5. The van der Waals surface area contributed by atoms with Crippen molar-refractivity contribution >= 4 is 33.8 Å². The topological polar surface area (TPSA) is 54.4 Å². The molecule has 3 nitrogen and oxygen atoms in total. The van der Waals surface area contributed by atoms with E-state index in [1.54, 1.807) is 18.2 Å². The molecule has 0 aliphatic rings. The average Bonchev–Trinajstić information content (AvgIpc) is 2.27. The first kappa shape index (κ1) is 13.6. The fourth-order valence-electron chi connectivity index (χ4n) is 1.43. The van der Waals surface area contributed by atoms with E-state index in [4.69, 9.17) is 5.11 Å². The highest BCUT2D eigenvalue weighted by molar-refractivity contribution is 9.09. The number of ketones is 1. The lowest BCUT2D eigenvalue weighted by molar-refractivity contribution is -0.131. The van der Waals surface area contributed by atoms with Crippen LogP contribution in [0.15, 0.2) is 24.3 Å². The summed E-state index contributed by atoms with van der Waals surface area (Å²) in [7, 11) is 0. The maximum absolute atomic E-state index is 11.6. The second-order valence-corrected chi connectivity index (χ2v) is 4.40. The highest BCUT2D eigenvalue weighted by atomic mass is 79.9. The second kappa shape index (κ2) is 6.35. The molecule has 90 valence electrons. The summed E-state index contributed by atoms with van der Waals surface area (Å²) < 4.78 is 0. The van der Waals surface area contributed by atoms with Crippen molar-refractivity contribution in [1.82, 2.24) is 0 Å². The van der Waals surface area contributed by atoms with Crippen LogP contribution in [-0.4, -0.2) is 22.2 Å². The van der Waals surface area contributed by atoms with E-state index in [1.807, 2.05) is 6.92 Å². The standard InChI is InChI=1S/C13H13BrO3/c1-9-8-11(12(15)6-7-14)3-2-10(9)4-5-13(16)17/h2-5,8H,6-7H2,1H3,(H,16,17)/b5-4+. The van der Waals surface area contributed by atoms with Crippen molar-refractivity contribution in [3.05, 3.63) is 41.0 Å². The average molecular weight is 297 g/mol. The van der Waals surface area contributed by atoms with Gasteiger partial charge in [-0.15, -0.1) is 0 Å². The number of hydrogen-bond donors (Lipinski definition) is 1. The molecule has 0 atom stereocenters. The number of halogens is 1. The molecule has 0 spiro atoms. The number of alkyl halides is 1. The van der Waals surface area contributed by atoms with Crippen molar-refractivity contribution in [1.29, 1.82) is 0 Å². The molecule has 1 rings (SSSR count). The van der Waals surface area contributed by atoms with Crippen LogP contribution in [0.1, 0.15) is 27.9 Å². The highest BCUT2D eigenvalue weighted by Crippen LogP contribution is 2.14. The lowest BCUT2D eigenvalue weighted by atomic mass is 10.0. The van der Waals surface area contributed by atoms with Crippen molar-refractivity contribution in [2.24, 2.45) is 0 Å². The first-order chi connectivity index (χ1) is 8.04. The van der Waals surface area contributed by atoms with Gasteiger partial charge in [0.25, 0.3) is 0 Å². The minimum absolute atomic E-state index is 0.0822. The maximum atomic E-state index is 11.6. The molecular formula is C13H13BrO3. The summed E-state index contributed by atoms with van der Waals surface area (Å²) in [4.78, 5) is 22.0. The Labute approximate surface area is 108 Å². The summed E-state index contributed by atoms with van der Waals surface area (Å²) in [5.41, 5.74) is 2.36. The summed E-state index contributed by atoms with van der Waals surface area (Å²) in [5.74, 6) is -0.900. The predicted octanol–water partition coefficient (Wildman–Crippen LogP) is 3.06. The molecule has 4 heteroatoms. The third-order valence-corrected chi connectivity index (χ3v) is 2.72. The lowest BCUT2D eigenvalue weighted by Gasteiger charge is -2.04. The summed E-state index contributed by atoms with van der Waals surface area (Å²) >= 11 is 3.22. The van der Waals surface area contributed by atoms with E-state index >= 15 is 0 Å². The van der Waals surface area contributed by atoms with Gasteiger partial charge in [-0.3, -0.25) is 4.79 Å². The maximum Gasteiger partial charge on any atom is 0.328 e. The number of carbonyl (C=O) groups excluding carboxylic acids is 1. The zero-order valence-corrected chi connectivity index (χ0v) is 11.0. The molecule has 0 bridgehead atoms. The summed E-state index contributed by atoms with van der Waals surface area (Å²) in [6, 6.07) is 5.27. The molecule has 1 aromatic rings. The quantitative estimate of drug-likeness (QED) is 0.516. The summed E-state index contributed by atoms with van der Waals surface area (Å²) in [6.45, 7) is 1.85. The van der Waals surface area contributed by atoms with Crippen LogP contribution in [0.3, 0.4) is 0 Å². The molecule has 0 amide bonds. The van der Waals surface area contributed by atoms with Gasteiger partial charge in [0.15, 0.2) is 5.78 Å². The van der Waals surface area contributed by atoms with Gasteiger partial charge in [-0.2, -0.15) is 0 Å². The minimum Gasteiger partial charge on any atom is -0.478 e. The number of carboxylic acids is 1. The van der Waals surface area contributed by atoms with E-state index in [2.05, 4.69) is 15.9 Å². The SMILES string of the molecule is Cc1cc(C(=O)CCBr)ccc1/C=C/C(=O)O. The number of carboxylic acid groups (broad SMARTS) is 1. The number of benzene rings is 1. The number of hydrogen-bond acceptors (Lipinski definition) is 2. The van der Waals surface area contributed by atoms with Gasteiger partial charge >= 0.3 is 5.97 Å². The fourth-order valence-corrected chi connectivity index (χ4v) is 1.79. The van der Waals surface area contributed by atoms with Crippen molar-refractivity contribution in [2.45, 2.75) is 13.3 Å². The Hall–Kier alpha value is -1.42. The first-order valence-electron chi connectivity index (χ1n) is 5.15. The van der Waals surface area contributed by atoms with Gasteiger partial charge in [-0.1, -0.05) is 28.1 Å². The van der Waals surface area contributed by atoms with Gasteiger partial charge in [-0.25, -0.2) is 4.79 Å². The molecule has 0 unspecified atom stereocenters. The lowest BCUT2D eigenvalue weighted by Crippen LogP contribution is -2.00. The van der Waals surface area contributed by atoms with Gasteiger partial charge in [0.1, 0.15) is 0 Å². The smallest absolute Gasteiger partial charge is 0.328 e. The zero-order valence-electron chi connectivity index (χ0n) is 9.44. The van der Waals surface area contributed by atoms with E-state index in [0.717, 1.165) is 17.2 Å². The first-order valence-corrected chi connectivity index (χ1v) is 6.27. The van der Waals surface area contributed by atoms with Crippen LogP contribution in [0.5, 0.6) is 0 Å². The van der Waals surface area contributed by atoms with Gasteiger partial charge in [0, 0.05) is 23.4 Å². The van der Waals surface area contributed by atoms with E-state index in [-0.39, 0.29) is 5.78 Å². The second-order valence-electron chi connectivity index (χ2n) is 3.61. The van der Waals surface area contributed by atoms with Crippen LogP contribution in [0.4, 0.5) is 0 Å². The summed E-state index contributed by atoms with van der Waals surface area (Å²) in [5, 5.41) is 9.18. The number of carbonyl (C=O) groups is 2. The molecular weight excluding hydrogens is 284 g/mol. The van der Waals surface area contributed by atoms with Gasteiger partial charge in [0.05, 0.1) is 0 Å². The van der Waals surface area contributed by atoms with Crippen LogP contribution < -0.4 is 0 Å². The van der Waals surface area contributed by atoms with E-state index in [1.165, 1.54) is 6.08 Å². The third kappa shape index (κ3) is 4.15. The Morgan fingerprint density at radius 3 is 2.65 bits per heavy atom. The van der Waals surface area contributed by atoms with Crippen molar-refractivity contribution in [3.8, 4) is 0 Å². The van der Waals surface area contributed by atoms with Crippen LogP contribution in [0.2, 0.25) is 0 Å². The normalized spacial score (nSPS) is 10.7. The van der Waals surface area contributed by atoms with E-state index < -0.39 is 5.97 Å². The van der Waals surface area contributed by atoms with Crippen LogP contribution in [-0.2, 0) is 4.79 Å². The molecule has 1 N–H and O–H groups in total. The molecule has 0 fully saturated rings. The van der Waals surface area contributed by atoms with Gasteiger partial charge in [-0.05, 0) is 30.2 Å². The Balaban J connectivity index is 2.93. The molecule has 0 aliphatic heterocycles.